The molecule has 1 heterocycles. The van der Waals surface area contributed by atoms with E-state index in [1.807, 2.05) is 45.0 Å². The van der Waals surface area contributed by atoms with Gasteiger partial charge >= 0.3 is 0 Å². The third kappa shape index (κ3) is 2.79. The number of para-hydroxylation sites is 1. The van der Waals surface area contributed by atoms with Crippen molar-refractivity contribution in [3.05, 3.63) is 35.5 Å². The lowest BCUT2D eigenvalue weighted by molar-refractivity contribution is 0.0900. The summed E-state index contributed by atoms with van der Waals surface area (Å²) in [5, 5.41) is 12.9. The SMILES string of the molecule is Cc1[nH]c2ccccc2c1C(=O)NC(C)(C)CCO. The maximum atomic E-state index is 12.4. The summed E-state index contributed by atoms with van der Waals surface area (Å²) in [5.74, 6) is -0.103. The van der Waals surface area contributed by atoms with E-state index in [1.165, 1.54) is 0 Å². The highest BCUT2D eigenvalue weighted by atomic mass is 16.3. The number of H-pyrrole nitrogens is 1. The van der Waals surface area contributed by atoms with Crippen LogP contribution in [0.25, 0.3) is 10.9 Å². The number of aryl methyl sites for hydroxylation is 1. The second kappa shape index (κ2) is 5.05. The molecule has 102 valence electrons. The second-order valence-electron chi connectivity index (χ2n) is 5.48. The second-order valence-corrected chi connectivity index (χ2v) is 5.48. The fraction of sp³-hybridized carbons (Fsp3) is 0.400. The van der Waals surface area contributed by atoms with Gasteiger partial charge in [0.2, 0.25) is 0 Å². The number of fused-ring (bicyclic) bond motifs is 1. The highest BCUT2D eigenvalue weighted by Gasteiger charge is 2.23. The maximum Gasteiger partial charge on any atom is 0.254 e. The highest BCUT2D eigenvalue weighted by molar-refractivity contribution is 6.08. The summed E-state index contributed by atoms with van der Waals surface area (Å²) in [6, 6.07) is 7.76. The molecule has 0 atom stereocenters. The summed E-state index contributed by atoms with van der Waals surface area (Å²) in [4.78, 5) is 15.6. The van der Waals surface area contributed by atoms with Crippen LogP contribution in [0.3, 0.4) is 0 Å². The minimum Gasteiger partial charge on any atom is -0.396 e. The Morgan fingerprint density at radius 3 is 2.74 bits per heavy atom. The molecule has 0 unspecified atom stereocenters. The molecular weight excluding hydrogens is 240 g/mol. The van der Waals surface area contributed by atoms with Crippen LogP contribution in [0, 0.1) is 6.92 Å². The lowest BCUT2D eigenvalue weighted by Gasteiger charge is -2.25. The molecule has 0 fully saturated rings. The van der Waals surface area contributed by atoms with E-state index in [4.69, 9.17) is 5.11 Å². The molecule has 3 N–H and O–H groups in total. The van der Waals surface area contributed by atoms with Gasteiger partial charge in [-0.05, 0) is 33.3 Å². The zero-order valence-electron chi connectivity index (χ0n) is 11.6. The number of aromatic amines is 1. The van der Waals surface area contributed by atoms with Gasteiger partial charge in [0.15, 0.2) is 0 Å². The predicted molar refractivity (Wildman–Crippen MR) is 76.3 cm³/mol. The molecule has 0 saturated carbocycles. The van der Waals surface area contributed by atoms with Gasteiger partial charge in [0.05, 0.1) is 5.56 Å². The Labute approximate surface area is 112 Å². The summed E-state index contributed by atoms with van der Waals surface area (Å²) < 4.78 is 0. The number of rotatable bonds is 4. The first kappa shape index (κ1) is 13.6. The van der Waals surface area contributed by atoms with E-state index in [9.17, 15) is 4.79 Å². The summed E-state index contributed by atoms with van der Waals surface area (Å²) in [7, 11) is 0. The van der Waals surface area contributed by atoms with Crippen LogP contribution in [0.2, 0.25) is 0 Å². The molecule has 0 saturated heterocycles. The highest BCUT2D eigenvalue weighted by Crippen LogP contribution is 2.22. The predicted octanol–water partition coefficient (Wildman–Crippen LogP) is 2.37. The van der Waals surface area contributed by atoms with Gasteiger partial charge in [-0.1, -0.05) is 18.2 Å². The minimum atomic E-state index is -0.420. The molecule has 1 aromatic heterocycles. The monoisotopic (exact) mass is 260 g/mol. The summed E-state index contributed by atoms with van der Waals surface area (Å²) in [6.07, 6.45) is 0.528. The van der Waals surface area contributed by atoms with Crippen molar-refractivity contribution in [1.82, 2.24) is 10.3 Å². The molecule has 0 radical (unpaired) electrons. The van der Waals surface area contributed by atoms with Gasteiger partial charge in [-0.2, -0.15) is 0 Å². The van der Waals surface area contributed by atoms with Crippen LogP contribution in [-0.4, -0.2) is 28.1 Å². The number of amides is 1. The number of benzene rings is 1. The Morgan fingerprint density at radius 1 is 1.37 bits per heavy atom. The molecule has 0 aliphatic heterocycles. The van der Waals surface area contributed by atoms with Crippen molar-refractivity contribution in [2.45, 2.75) is 32.7 Å². The average Bonchev–Trinajstić information content (AvgIpc) is 2.63. The molecule has 0 spiro atoms. The Morgan fingerprint density at radius 2 is 2.05 bits per heavy atom. The maximum absolute atomic E-state index is 12.4. The van der Waals surface area contributed by atoms with Gasteiger partial charge in [-0.3, -0.25) is 4.79 Å². The molecule has 4 nitrogen and oxygen atoms in total. The van der Waals surface area contributed by atoms with Crippen molar-refractivity contribution in [2.75, 3.05) is 6.61 Å². The lowest BCUT2D eigenvalue weighted by Crippen LogP contribution is -2.44. The Bertz CT molecular complexity index is 599. The number of nitrogens with one attached hydrogen (secondary N) is 2. The molecule has 0 aliphatic rings. The van der Waals surface area contributed by atoms with Gasteiger partial charge in [-0.15, -0.1) is 0 Å². The third-order valence-corrected chi connectivity index (χ3v) is 3.31. The van der Waals surface area contributed by atoms with Gasteiger partial charge in [-0.25, -0.2) is 0 Å². The quantitative estimate of drug-likeness (QED) is 0.790. The van der Waals surface area contributed by atoms with Crippen LogP contribution in [-0.2, 0) is 0 Å². The van der Waals surface area contributed by atoms with Crippen molar-refractivity contribution in [3.63, 3.8) is 0 Å². The average molecular weight is 260 g/mol. The van der Waals surface area contributed by atoms with E-state index >= 15 is 0 Å². The van der Waals surface area contributed by atoms with Crippen LogP contribution in [0.15, 0.2) is 24.3 Å². The largest absolute Gasteiger partial charge is 0.396 e. The number of carbonyl (C=O) groups excluding carboxylic acids is 1. The molecule has 0 aliphatic carbocycles. The van der Waals surface area contributed by atoms with E-state index in [-0.39, 0.29) is 12.5 Å². The molecule has 1 aromatic carbocycles. The lowest BCUT2D eigenvalue weighted by atomic mass is 10.00. The van der Waals surface area contributed by atoms with Crippen molar-refractivity contribution in [3.8, 4) is 0 Å². The van der Waals surface area contributed by atoms with Gasteiger partial charge < -0.3 is 15.4 Å². The Balaban J connectivity index is 2.34. The standard InChI is InChI=1S/C15H20N2O2/c1-10-13(11-6-4-5-7-12(11)16-10)14(19)17-15(2,3)8-9-18/h4-7,16,18H,8-9H2,1-3H3,(H,17,19). The van der Waals surface area contributed by atoms with Crippen molar-refractivity contribution in [2.24, 2.45) is 0 Å². The summed E-state index contributed by atoms with van der Waals surface area (Å²) in [6.45, 7) is 5.77. The molecular formula is C15H20N2O2. The number of aromatic nitrogens is 1. The molecule has 1 amide bonds. The first-order valence-electron chi connectivity index (χ1n) is 6.45. The first-order valence-corrected chi connectivity index (χ1v) is 6.45. The summed E-state index contributed by atoms with van der Waals surface area (Å²) >= 11 is 0. The number of hydrogen-bond acceptors (Lipinski definition) is 2. The molecule has 2 rings (SSSR count). The van der Waals surface area contributed by atoms with E-state index in [0.717, 1.165) is 16.6 Å². The van der Waals surface area contributed by atoms with Crippen LogP contribution in [0.5, 0.6) is 0 Å². The van der Waals surface area contributed by atoms with Crippen LogP contribution >= 0.6 is 0 Å². The van der Waals surface area contributed by atoms with Gasteiger partial charge in [0.25, 0.3) is 5.91 Å². The first-order chi connectivity index (χ1) is 8.94. The van der Waals surface area contributed by atoms with E-state index < -0.39 is 5.54 Å². The van der Waals surface area contributed by atoms with Crippen LogP contribution < -0.4 is 5.32 Å². The van der Waals surface area contributed by atoms with Crippen LogP contribution in [0.1, 0.15) is 36.3 Å². The van der Waals surface area contributed by atoms with Crippen molar-refractivity contribution >= 4 is 16.8 Å². The fourth-order valence-corrected chi connectivity index (χ4v) is 2.28. The van der Waals surface area contributed by atoms with Gasteiger partial charge in [0, 0.05) is 28.7 Å². The van der Waals surface area contributed by atoms with E-state index in [1.54, 1.807) is 0 Å². The molecule has 0 bridgehead atoms. The Hall–Kier alpha value is -1.81. The fourth-order valence-electron chi connectivity index (χ4n) is 2.28. The Kier molecular flexibility index (Phi) is 3.62. The topological polar surface area (TPSA) is 65.1 Å². The number of hydrogen-bond donors (Lipinski definition) is 3. The van der Waals surface area contributed by atoms with Crippen LogP contribution in [0.4, 0.5) is 0 Å². The van der Waals surface area contributed by atoms with Crippen molar-refractivity contribution in [1.29, 1.82) is 0 Å². The zero-order chi connectivity index (χ0) is 14.0. The van der Waals surface area contributed by atoms with Gasteiger partial charge in [0.1, 0.15) is 0 Å². The zero-order valence-corrected chi connectivity index (χ0v) is 11.6. The summed E-state index contributed by atoms with van der Waals surface area (Å²) in [5.41, 5.74) is 2.08. The normalized spacial score (nSPS) is 11.8. The van der Waals surface area contributed by atoms with Crippen molar-refractivity contribution < 1.29 is 9.90 Å². The third-order valence-electron chi connectivity index (χ3n) is 3.31. The molecule has 4 heteroatoms. The number of carbonyl (C=O) groups is 1. The number of aliphatic hydroxyl groups excluding tert-OH is 1. The minimum absolute atomic E-state index is 0.0557. The molecule has 2 aromatic rings. The van der Waals surface area contributed by atoms with E-state index in [0.29, 0.717) is 12.0 Å². The van der Waals surface area contributed by atoms with E-state index in [2.05, 4.69) is 10.3 Å². The number of aliphatic hydroxyl groups is 1. The molecule has 19 heavy (non-hydrogen) atoms. The smallest absolute Gasteiger partial charge is 0.254 e.